The Morgan fingerprint density at radius 3 is 1.22 bits per heavy atom. The topological polar surface area (TPSA) is 95.2 Å². The lowest BCUT2D eigenvalue weighted by atomic mass is 10.1. The molecule has 0 aliphatic rings. The van der Waals surface area contributed by atoms with E-state index in [1.807, 2.05) is 0 Å². The van der Waals surface area contributed by atoms with Gasteiger partial charge in [0.2, 0.25) is 0 Å². The summed E-state index contributed by atoms with van der Waals surface area (Å²) in [4.78, 5) is 0. The third-order valence-electron chi connectivity index (χ3n) is 2.07. The van der Waals surface area contributed by atoms with Crippen LogP contribution in [-0.2, 0) is 0 Å². The molecular formula is C12H2Br2N4. The molecule has 0 saturated heterocycles. The van der Waals surface area contributed by atoms with Crippen LogP contribution in [0.15, 0.2) is 21.1 Å². The van der Waals surface area contributed by atoms with Crippen molar-refractivity contribution in [2.24, 2.45) is 0 Å². The molecule has 0 amide bonds. The molecule has 0 aliphatic carbocycles. The van der Waals surface area contributed by atoms with Crippen LogP contribution in [0, 0.1) is 45.3 Å². The molecule has 1 aromatic carbocycles. The fourth-order valence-electron chi connectivity index (χ4n) is 1.23. The van der Waals surface area contributed by atoms with Crippen molar-refractivity contribution >= 4 is 43.0 Å². The fraction of sp³-hybridized carbons (Fsp3) is 0. The van der Waals surface area contributed by atoms with Gasteiger partial charge in [0.25, 0.3) is 0 Å². The SMILES string of the molecule is N#CC(C#N)=c1ccc(=C(C#N)C#N)c(Br)c1Br. The summed E-state index contributed by atoms with van der Waals surface area (Å²) in [6, 6.07) is 10.2. The average Bonchev–Trinajstić information content (AvgIpc) is 2.39. The first-order valence-corrected chi connectivity index (χ1v) is 6.02. The molecule has 0 N–H and O–H groups in total. The highest BCUT2D eigenvalue weighted by Crippen LogP contribution is 2.16. The molecule has 0 unspecified atom stereocenters. The minimum Gasteiger partial charge on any atom is -0.192 e. The lowest BCUT2D eigenvalue weighted by Gasteiger charge is -1.99. The Kier molecular flexibility index (Phi) is 4.64. The monoisotopic (exact) mass is 360 g/mol. The van der Waals surface area contributed by atoms with Crippen molar-refractivity contribution in [1.29, 1.82) is 21.0 Å². The molecule has 6 heteroatoms. The van der Waals surface area contributed by atoms with E-state index in [0.29, 0.717) is 19.4 Å². The van der Waals surface area contributed by atoms with Gasteiger partial charge in [-0.3, -0.25) is 0 Å². The third-order valence-corrected chi connectivity index (χ3v) is 4.25. The standard InChI is InChI=1S/C12H2Br2N4/c13-11-9(7(3-15)4-16)1-2-10(12(11)14)8(5-17)6-18/h1-2H. The Labute approximate surface area is 120 Å². The molecule has 84 valence electrons. The zero-order chi connectivity index (χ0) is 13.7. The van der Waals surface area contributed by atoms with Crippen molar-refractivity contribution < 1.29 is 0 Å². The summed E-state index contributed by atoms with van der Waals surface area (Å²) in [5, 5.41) is 36.1. The normalized spacial score (nSPS) is 8.33. The van der Waals surface area contributed by atoms with E-state index >= 15 is 0 Å². The Balaban J connectivity index is 3.98. The number of rotatable bonds is 0. The van der Waals surface area contributed by atoms with Gasteiger partial charge in [-0.1, -0.05) is 12.1 Å². The lowest BCUT2D eigenvalue weighted by Crippen LogP contribution is -2.16. The van der Waals surface area contributed by atoms with Crippen LogP contribution in [0.3, 0.4) is 0 Å². The van der Waals surface area contributed by atoms with E-state index in [4.69, 9.17) is 21.0 Å². The molecule has 0 aromatic heterocycles. The van der Waals surface area contributed by atoms with Crippen LogP contribution in [0.2, 0.25) is 0 Å². The Morgan fingerprint density at radius 2 is 1.00 bits per heavy atom. The number of hydrogen-bond acceptors (Lipinski definition) is 4. The van der Waals surface area contributed by atoms with Gasteiger partial charge in [0.1, 0.15) is 35.4 Å². The number of hydrogen-bond donors (Lipinski definition) is 0. The van der Waals surface area contributed by atoms with Crippen LogP contribution in [0.1, 0.15) is 0 Å². The average molecular weight is 362 g/mol. The molecule has 0 radical (unpaired) electrons. The molecular weight excluding hydrogens is 360 g/mol. The minimum atomic E-state index is -0.0513. The number of nitriles is 4. The highest BCUT2D eigenvalue weighted by Gasteiger charge is 2.07. The first kappa shape index (κ1) is 13.9. The highest BCUT2D eigenvalue weighted by atomic mass is 79.9. The largest absolute Gasteiger partial charge is 0.192 e. The van der Waals surface area contributed by atoms with E-state index in [-0.39, 0.29) is 11.1 Å². The molecule has 0 bridgehead atoms. The van der Waals surface area contributed by atoms with E-state index < -0.39 is 0 Å². The fourth-order valence-corrected chi connectivity index (χ4v) is 2.31. The summed E-state index contributed by atoms with van der Waals surface area (Å²) in [7, 11) is 0. The first-order valence-electron chi connectivity index (χ1n) is 4.43. The van der Waals surface area contributed by atoms with Gasteiger partial charge in [0.05, 0.1) is 0 Å². The van der Waals surface area contributed by atoms with Crippen molar-refractivity contribution in [2.45, 2.75) is 0 Å². The summed E-state index contributed by atoms with van der Waals surface area (Å²) in [6.07, 6.45) is 0. The third kappa shape index (κ3) is 2.41. The maximum Gasteiger partial charge on any atom is 0.138 e. The quantitative estimate of drug-likeness (QED) is 0.701. The highest BCUT2D eigenvalue weighted by molar-refractivity contribution is 9.13. The van der Waals surface area contributed by atoms with E-state index in [2.05, 4.69) is 31.9 Å². The Hall–Kier alpha value is -2.12. The molecule has 0 saturated carbocycles. The van der Waals surface area contributed by atoms with Crippen molar-refractivity contribution in [3.05, 3.63) is 31.5 Å². The second kappa shape index (κ2) is 5.99. The van der Waals surface area contributed by atoms with Gasteiger partial charge in [-0.25, -0.2) is 0 Å². The van der Waals surface area contributed by atoms with Crippen LogP contribution in [-0.4, -0.2) is 0 Å². The van der Waals surface area contributed by atoms with Gasteiger partial charge in [0.15, 0.2) is 0 Å². The Bertz CT molecular complexity index is 694. The lowest BCUT2D eigenvalue weighted by molar-refractivity contribution is 1.41. The van der Waals surface area contributed by atoms with Crippen LogP contribution in [0.5, 0.6) is 0 Å². The van der Waals surface area contributed by atoms with Crippen molar-refractivity contribution in [1.82, 2.24) is 0 Å². The minimum absolute atomic E-state index is 0.0513. The van der Waals surface area contributed by atoms with E-state index in [9.17, 15) is 0 Å². The van der Waals surface area contributed by atoms with E-state index in [1.54, 1.807) is 24.3 Å². The van der Waals surface area contributed by atoms with Crippen LogP contribution >= 0.6 is 31.9 Å². The maximum atomic E-state index is 8.81. The van der Waals surface area contributed by atoms with Gasteiger partial charge < -0.3 is 0 Å². The zero-order valence-corrected chi connectivity index (χ0v) is 11.9. The number of benzene rings is 1. The van der Waals surface area contributed by atoms with Crippen molar-refractivity contribution in [3.8, 4) is 24.3 Å². The van der Waals surface area contributed by atoms with Crippen LogP contribution < -0.4 is 10.4 Å². The second-order valence-electron chi connectivity index (χ2n) is 2.99. The van der Waals surface area contributed by atoms with Crippen molar-refractivity contribution in [3.63, 3.8) is 0 Å². The summed E-state index contributed by atoms with van der Waals surface area (Å²) in [6.45, 7) is 0. The van der Waals surface area contributed by atoms with Gasteiger partial charge in [-0.15, -0.1) is 0 Å². The van der Waals surface area contributed by atoms with Gasteiger partial charge in [-0.2, -0.15) is 21.0 Å². The molecule has 0 aliphatic heterocycles. The predicted molar refractivity (Wildman–Crippen MR) is 70.4 cm³/mol. The second-order valence-corrected chi connectivity index (χ2v) is 4.57. The summed E-state index contributed by atoms with van der Waals surface area (Å²) in [5.41, 5.74) is -0.103. The molecule has 0 fully saturated rings. The van der Waals surface area contributed by atoms with Crippen LogP contribution in [0.25, 0.3) is 11.1 Å². The van der Waals surface area contributed by atoms with E-state index in [1.165, 1.54) is 12.1 Å². The zero-order valence-electron chi connectivity index (χ0n) is 8.70. The Morgan fingerprint density at radius 1 is 0.722 bits per heavy atom. The smallest absolute Gasteiger partial charge is 0.138 e. The molecule has 0 atom stereocenters. The van der Waals surface area contributed by atoms with Crippen LogP contribution in [0.4, 0.5) is 0 Å². The summed E-state index contributed by atoms with van der Waals surface area (Å²) in [5.74, 6) is 0. The molecule has 4 nitrogen and oxygen atoms in total. The summed E-state index contributed by atoms with van der Waals surface area (Å²) < 4.78 is 0.919. The molecule has 0 heterocycles. The van der Waals surface area contributed by atoms with E-state index in [0.717, 1.165) is 0 Å². The molecule has 1 rings (SSSR count). The van der Waals surface area contributed by atoms with Gasteiger partial charge in [0, 0.05) is 19.4 Å². The van der Waals surface area contributed by atoms with Gasteiger partial charge >= 0.3 is 0 Å². The number of nitrogens with zero attached hydrogens (tertiary/aromatic N) is 4. The summed E-state index contributed by atoms with van der Waals surface area (Å²) >= 11 is 6.48. The first-order chi connectivity index (χ1) is 8.60. The molecule has 18 heavy (non-hydrogen) atoms. The number of halogens is 2. The van der Waals surface area contributed by atoms with Gasteiger partial charge in [-0.05, 0) is 31.9 Å². The molecule has 1 aromatic rings. The molecule has 0 spiro atoms. The van der Waals surface area contributed by atoms with Crippen molar-refractivity contribution in [2.75, 3.05) is 0 Å². The predicted octanol–water partition coefficient (Wildman–Crippen LogP) is 1.61. The maximum absolute atomic E-state index is 8.81.